The van der Waals surface area contributed by atoms with Crippen molar-refractivity contribution in [2.45, 2.75) is 38.1 Å². The lowest BCUT2D eigenvalue weighted by Gasteiger charge is -2.33. The number of amides is 2. The Labute approximate surface area is 258 Å². The van der Waals surface area contributed by atoms with Gasteiger partial charge < -0.3 is 34.1 Å². The molecule has 240 valence electrons. The number of hydrogen-bond acceptors (Lipinski definition) is 6. The second kappa shape index (κ2) is 13.1. The van der Waals surface area contributed by atoms with Gasteiger partial charge in [-0.15, -0.1) is 0 Å². The number of fused-ring (bicyclic) bond motifs is 1. The number of methoxy groups -OCH3 is 1. The van der Waals surface area contributed by atoms with Crippen molar-refractivity contribution in [3.63, 3.8) is 0 Å². The minimum atomic E-state index is -1.67. The fourth-order valence-electron chi connectivity index (χ4n) is 4.67. The van der Waals surface area contributed by atoms with Crippen LogP contribution >= 0.6 is 0 Å². The van der Waals surface area contributed by atoms with Crippen LogP contribution in [0.4, 0.5) is 28.0 Å². The van der Waals surface area contributed by atoms with Gasteiger partial charge in [-0.25, -0.2) is 27.3 Å². The van der Waals surface area contributed by atoms with Crippen LogP contribution in [-0.4, -0.2) is 62.8 Å². The molecule has 14 heteroatoms. The van der Waals surface area contributed by atoms with Crippen LogP contribution in [-0.2, 0) is 16.2 Å². The van der Waals surface area contributed by atoms with E-state index in [0.29, 0.717) is 23.2 Å². The highest BCUT2D eigenvalue weighted by atomic mass is 28.3. The summed E-state index contributed by atoms with van der Waals surface area (Å²) in [6.45, 7) is 6.71. The molecule has 9 nitrogen and oxygen atoms in total. The second-order valence-electron chi connectivity index (χ2n) is 12.0. The van der Waals surface area contributed by atoms with Crippen LogP contribution in [0.3, 0.4) is 0 Å². The highest BCUT2D eigenvalue weighted by Gasteiger charge is 2.39. The van der Waals surface area contributed by atoms with Gasteiger partial charge in [0, 0.05) is 56.0 Å². The summed E-state index contributed by atoms with van der Waals surface area (Å²) < 4.78 is 83.4. The normalized spacial score (nSPS) is 14.2. The van der Waals surface area contributed by atoms with Crippen molar-refractivity contribution in [3.05, 3.63) is 66.2 Å². The maximum absolute atomic E-state index is 15.5. The van der Waals surface area contributed by atoms with Crippen molar-refractivity contribution in [1.29, 1.82) is 0 Å². The third kappa shape index (κ3) is 7.40. The van der Waals surface area contributed by atoms with Gasteiger partial charge in [0.25, 0.3) is 0 Å². The molecule has 2 aromatic heterocycles. The molecule has 1 saturated heterocycles. The maximum atomic E-state index is 15.5. The van der Waals surface area contributed by atoms with Gasteiger partial charge in [0.05, 0.1) is 32.3 Å². The average Bonchev–Trinajstić information content (AvgIpc) is 3.34. The van der Waals surface area contributed by atoms with E-state index in [1.54, 1.807) is 22.9 Å². The fourth-order valence-corrected chi connectivity index (χ4v) is 5.43. The summed E-state index contributed by atoms with van der Waals surface area (Å²) in [5, 5.41) is 4.88. The van der Waals surface area contributed by atoms with Crippen molar-refractivity contribution < 1.29 is 41.3 Å². The third-order valence-electron chi connectivity index (χ3n) is 7.17. The Bertz CT molecular complexity index is 1680. The van der Waals surface area contributed by atoms with Gasteiger partial charge >= 0.3 is 6.03 Å². The SMILES string of the molecule is COc1cccc(-c2cn(COCC[Si](C)(C)C)c3nccc(Oc4c(F)cc(NC(=O)NCC5(F)COC5)cc4F)c23)c1F. The molecule has 3 heterocycles. The number of alkyl halides is 1. The molecular weight excluding hydrogens is 612 g/mol. The Morgan fingerprint density at radius 1 is 1.09 bits per heavy atom. The Morgan fingerprint density at radius 3 is 2.47 bits per heavy atom. The van der Waals surface area contributed by atoms with Gasteiger partial charge in [-0.2, -0.15) is 0 Å². The number of carbonyl (C=O) groups is 1. The van der Waals surface area contributed by atoms with Gasteiger partial charge in [0.15, 0.2) is 34.6 Å². The minimum absolute atomic E-state index is 0.00489. The first-order valence-corrected chi connectivity index (χ1v) is 17.9. The summed E-state index contributed by atoms with van der Waals surface area (Å²) in [5.74, 6) is -3.61. The van der Waals surface area contributed by atoms with Gasteiger partial charge in [-0.05, 0) is 18.2 Å². The van der Waals surface area contributed by atoms with Crippen LogP contribution in [0.15, 0.2) is 48.8 Å². The zero-order valence-electron chi connectivity index (χ0n) is 25.3. The first-order chi connectivity index (χ1) is 21.4. The number of ether oxygens (including phenoxy) is 4. The van der Waals surface area contributed by atoms with Crippen molar-refractivity contribution in [2.75, 3.05) is 38.8 Å². The predicted molar refractivity (Wildman–Crippen MR) is 164 cm³/mol. The van der Waals surface area contributed by atoms with E-state index >= 15 is 13.2 Å². The van der Waals surface area contributed by atoms with E-state index in [1.165, 1.54) is 25.4 Å². The molecule has 2 N–H and O–H groups in total. The smallest absolute Gasteiger partial charge is 0.319 e. The molecular formula is C31H34F4N4O5Si. The first kappa shape index (κ1) is 32.3. The third-order valence-corrected chi connectivity index (χ3v) is 8.88. The number of rotatable bonds is 12. The Balaban J connectivity index is 1.46. The van der Waals surface area contributed by atoms with E-state index in [0.717, 1.165) is 18.2 Å². The largest absolute Gasteiger partial charge is 0.494 e. The number of carbonyl (C=O) groups excluding carboxylic acids is 1. The molecule has 0 atom stereocenters. The van der Waals surface area contributed by atoms with Gasteiger partial charge in [-0.3, -0.25) is 0 Å². The van der Waals surface area contributed by atoms with E-state index in [9.17, 15) is 9.18 Å². The van der Waals surface area contributed by atoms with E-state index < -0.39 is 43.0 Å². The number of nitrogens with one attached hydrogen (secondary N) is 2. The van der Waals surface area contributed by atoms with E-state index in [1.807, 2.05) is 0 Å². The van der Waals surface area contributed by atoms with Crippen LogP contribution in [0.1, 0.15) is 0 Å². The number of benzene rings is 2. The first-order valence-electron chi connectivity index (χ1n) is 14.2. The standard InChI is InChI=1S/C31H34F4N4O5Si/c1-41-25-7-5-6-20(27(25)34)21-14-39(18-42-10-11-45(2,3)4)29-26(21)24(8-9-36-29)44-28-22(32)12-19(13-23(28)33)38-30(40)37-15-31(35)16-43-17-31/h5-9,12-14H,10-11,15-18H2,1-4H3,(H2,37,38,40). The van der Waals surface area contributed by atoms with Gasteiger partial charge in [0.1, 0.15) is 18.1 Å². The minimum Gasteiger partial charge on any atom is -0.494 e. The molecule has 0 radical (unpaired) electrons. The Hall–Kier alpha value is -4.14. The molecule has 1 fully saturated rings. The van der Waals surface area contributed by atoms with Crippen LogP contribution in [0.5, 0.6) is 17.2 Å². The summed E-state index contributed by atoms with van der Waals surface area (Å²) in [5.41, 5.74) is -1.04. The van der Waals surface area contributed by atoms with Crippen molar-refractivity contribution >= 4 is 30.8 Å². The summed E-state index contributed by atoms with van der Waals surface area (Å²) in [6.07, 6.45) is 3.05. The van der Waals surface area contributed by atoms with Crippen molar-refractivity contribution in [3.8, 4) is 28.4 Å². The lowest BCUT2D eigenvalue weighted by molar-refractivity contribution is -0.125. The van der Waals surface area contributed by atoms with Gasteiger partial charge in [-0.1, -0.05) is 31.8 Å². The average molecular weight is 647 g/mol. The molecule has 1 aliphatic rings. The quantitative estimate of drug-likeness (QED) is 0.0970. The van der Waals surface area contributed by atoms with E-state index in [4.69, 9.17) is 18.9 Å². The highest BCUT2D eigenvalue weighted by Crippen LogP contribution is 2.41. The molecule has 5 rings (SSSR count). The number of pyridine rings is 1. The van der Waals surface area contributed by atoms with Crippen LogP contribution in [0.2, 0.25) is 25.7 Å². The molecule has 2 amide bonds. The van der Waals surface area contributed by atoms with Crippen LogP contribution in [0.25, 0.3) is 22.2 Å². The number of halogens is 4. The maximum Gasteiger partial charge on any atom is 0.319 e. The van der Waals surface area contributed by atoms with Crippen LogP contribution < -0.4 is 20.1 Å². The second-order valence-corrected chi connectivity index (χ2v) is 17.6. The van der Waals surface area contributed by atoms with E-state index in [-0.39, 0.29) is 49.2 Å². The lowest BCUT2D eigenvalue weighted by atomic mass is 10.0. The van der Waals surface area contributed by atoms with Crippen molar-refractivity contribution in [2.24, 2.45) is 0 Å². The molecule has 4 aromatic rings. The van der Waals surface area contributed by atoms with Gasteiger partial charge in [0.2, 0.25) is 0 Å². The van der Waals surface area contributed by atoms with E-state index in [2.05, 4.69) is 35.3 Å². The predicted octanol–water partition coefficient (Wildman–Crippen LogP) is 7.09. The van der Waals surface area contributed by atoms with Crippen LogP contribution in [0, 0.1) is 17.5 Å². The fraction of sp³-hybridized carbons (Fsp3) is 0.355. The number of hydrogen-bond donors (Lipinski definition) is 2. The lowest BCUT2D eigenvalue weighted by Crippen LogP contribution is -2.54. The molecule has 0 bridgehead atoms. The zero-order chi connectivity index (χ0) is 32.4. The zero-order valence-corrected chi connectivity index (χ0v) is 26.3. The topological polar surface area (TPSA) is 95.9 Å². The monoisotopic (exact) mass is 646 g/mol. The number of anilines is 1. The molecule has 0 unspecified atom stereocenters. The van der Waals surface area contributed by atoms with Crippen molar-refractivity contribution in [1.82, 2.24) is 14.9 Å². The number of urea groups is 1. The number of nitrogens with zero attached hydrogens (tertiary/aromatic N) is 2. The highest BCUT2D eigenvalue weighted by molar-refractivity contribution is 6.76. The Morgan fingerprint density at radius 2 is 1.82 bits per heavy atom. The summed E-state index contributed by atoms with van der Waals surface area (Å²) in [6, 6.07) is 7.89. The summed E-state index contributed by atoms with van der Waals surface area (Å²) in [7, 11) is -0.00311. The molecule has 2 aromatic carbocycles. The molecule has 45 heavy (non-hydrogen) atoms. The molecule has 0 aliphatic carbocycles. The molecule has 0 saturated carbocycles. The molecule has 1 aliphatic heterocycles. The number of aromatic nitrogens is 2. The summed E-state index contributed by atoms with van der Waals surface area (Å²) in [4.78, 5) is 16.6. The summed E-state index contributed by atoms with van der Waals surface area (Å²) >= 11 is 0. The molecule has 0 spiro atoms. The Kier molecular flexibility index (Phi) is 9.37.